The number of methoxy groups -OCH3 is 1. The van der Waals surface area contributed by atoms with Crippen molar-refractivity contribution < 1.29 is 18.6 Å². The van der Waals surface area contributed by atoms with E-state index >= 15 is 0 Å². The number of fused-ring (bicyclic) bond motifs is 1. The average Bonchev–Trinajstić information content (AvgIpc) is 3.41. The number of hydrogen-bond acceptors (Lipinski definition) is 8. The zero-order chi connectivity index (χ0) is 23.3. The average molecular weight is 457 g/mol. The van der Waals surface area contributed by atoms with Crippen molar-refractivity contribution in [1.82, 2.24) is 9.97 Å². The molecule has 0 spiro atoms. The summed E-state index contributed by atoms with van der Waals surface area (Å²) in [6.45, 7) is 3.23. The molecular weight excluding hydrogens is 432 g/mol. The van der Waals surface area contributed by atoms with E-state index in [0.717, 1.165) is 35.6 Å². The first-order valence-electron chi connectivity index (χ1n) is 11.1. The number of hydrogen-bond donors (Lipinski definition) is 0. The Kier molecular flexibility index (Phi) is 6.27. The number of ether oxygens (including phenoxy) is 3. The van der Waals surface area contributed by atoms with E-state index in [1.807, 2.05) is 36.4 Å². The summed E-state index contributed by atoms with van der Waals surface area (Å²) in [5.41, 5.74) is 4.70. The number of benzene rings is 2. The van der Waals surface area contributed by atoms with Crippen LogP contribution in [-0.2, 0) is 17.8 Å². The zero-order valence-electron chi connectivity index (χ0n) is 18.9. The molecule has 172 valence electrons. The van der Waals surface area contributed by atoms with Crippen LogP contribution in [0, 0.1) is 11.3 Å². The Morgan fingerprint density at radius 2 is 1.97 bits per heavy atom. The van der Waals surface area contributed by atoms with Crippen LogP contribution in [0.15, 0.2) is 59.5 Å². The first-order valence-corrected chi connectivity index (χ1v) is 11.1. The first kappa shape index (κ1) is 21.7. The molecule has 0 unspecified atom stereocenters. The van der Waals surface area contributed by atoms with Gasteiger partial charge in [0, 0.05) is 18.7 Å². The Bertz CT molecular complexity index is 1320. The van der Waals surface area contributed by atoms with E-state index in [9.17, 15) is 5.26 Å². The second kappa shape index (κ2) is 9.81. The molecule has 8 heteroatoms. The van der Waals surface area contributed by atoms with Crippen molar-refractivity contribution in [3.63, 3.8) is 0 Å². The van der Waals surface area contributed by atoms with Crippen molar-refractivity contribution in [2.75, 3.05) is 38.3 Å². The van der Waals surface area contributed by atoms with Gasteiger partial charge in [0.1, 0.15) is 24.0 Å². The van der Waals surface area contributed by atoms with Crippen molar-refractivity contribution in [3.05, 3.63) is 77.4 Å². The van der Waals surface area contributed by atoms with E-state index in [-0.39, 0.29) is 0 Å². The molecular formula is C26H24N4O4. The summed E-state index contributed by atoms with van der Waals surface area (Å²) in [5, 5.41) is 10.00. The van der Waals surface area contributed by atoms with E-state index in [2.05, 4.69) is 16.0 Å². The van der Waals surface area contributed by atoms with Crippen LogP contribution in [0.3, 0.4) is 0 Å². The topological polar surface area (TPSA) is 93.6 Å². The number of anilines is 1. The number of nitriles is 1. The highest BCUT2D eigenvalue weighted by Gasteiger charge is 2.17. The van der Waals surface area contributed by atoms with E-state index in [1.54, 1.807) is 25.8 Å². The highest BCUT2D eigenvalue weighted by molar-refractivity contribution is 5.83. The summed E-state index contributed by atoms with van der Waals surface area (Å²) in [5.74, 6) is 2.05. The zero-order valence-corrected chi connectivity index (χ0v) is 18.9. The lowest BCUT2D eigenvalue weighted by Gasteiger charge is -2.27. The number of aromatic nitrogens is 2. The van der Waals surface area contributed by atoms with E-state index in [0.29, 0.717) is 54.3 Å². The van der Waals surface area contributed by atoms with Crippen molar-refractivity contribution in [2.45, 2.75) is 13.0 Å². The Balaban J connectivity index is 1.41. The summed E-state index contributed by atoms with van der Waals surface area (Å²) in [4.78, 5) is 11.5. The minimum absolute atomic E-state index is 0.388. The molecule has 8 nitrogen and oxygen atoms in total. The largest absolute Gasteiger partial charge is 0.493 e. The highest BCUT2D eigenvalue weighted by Crippen LogP contribution is 2.31. The molecule has 0 atom stereocenters. The molecule has 5 rings (SSSR count). The summed E-state index contributed by atoms with van der Waals surface area (Å²) in [6, 6.07) is 13.9. The molecule has 1 aliphatic rings. The number of nitrogens with zero attached hydrogens (tertiary/aromatic N) is 4. The highest BCUT2D eigenvalue weighted by atomic mass is 16.5. The number of furan rings is 1. The molecule has 1 saturated heterocycles. The van der Waals surface area contributed by atoms with Crippen LogP contribution in [-0.4, -0.2) is 43.4 Å². The van der Waals surface area contributed by atoms with Gasteiger partial charge in [-0.05, 0) is 41.8 Å². The lowest BCUT2D eigenvalue weighted by Crippen LogP contribution is -2.36. The van der Waals surface area contributed by atoms with E-state index in [4.69, 9.17) is 23.6 Å². The van der Waals surface area contributed by atoms with Crippen LogP contribution in [0.4, 0.5) is 5.82 Å². The third-order valence-electron chi connectivity index (χ3n) is 5.83. The van der Waals surface area contributed by atoms with Gasteiger partial charge in [0.25, 0.3) is 0 Å². The van der Waals surface area contributed by atoms with Crippen LogP contribution in [0.5, 0.6) is 11.5 Å². The molecule has 0 N–H and O–H groups in total. The molecule has 0 bridgehead atoms. The minimum atomic E-state index is 0.388. The number of morpholine rings is 1. The second-order valence-electron chi connectivity index (χ2n) is 7.99. The van der Waals surface area contributed by atoms with Crippen LogP contribution >= 0.6 is 0 Å². The number of rotatable bonds is 7. The van der Waals surface area contributed by atoms with Crippen LogP contribution in [0.1, 0.15) is 22.3 Å². The molecule has 3 heterocycles. The fraction of sp³-hybridized carbons (Fsp3) is 0.269. The third-order valence-corrected chi connectivity index (χ3v) is 5.83. The SMILES string of the molecule is COc1cc(Cc2ccc3ncc(N4CCOCC4)nc3c2C#N)ccc1OCc1ccoc1. The monoisotopic (exact) mass is 456 g/mol. The molecule has 2 aromatic carbocycles. The summed E-state index contributed by atoms with van der Waals surface area (Å²) >= 11 is 0. The fourth-order valence-electron chi connectivity index (χ4n) is 4.02. The summed E-state index contributed by atoms with van der Waals surface area (Å²) in [6.07, 6.45) is 5.59. The molecule has 34 heavy (non-hydrogen) atoms. The smallest absolute Gasteiger partial charge is 0.161 e. The van der Waals surface area contributed by atoms with Gasteiger partial charge in [-0.15, -0.1) is 0 Å². The maximum Gasteiger partial charge on any atom is 0.161 e. The maximum atomic E-state index is 10.00. The molecule has 0 amide bonds. The maximum absolute atomic E-state index is 10.00. The van der Waals surface area contributed by atoms with Gasteiger partial charge >= 0.3 is 0 Å². The van der Waals surface area contributed by atoms with Crippen LogP contribution < -0.4 is 14.4 Å². The van der Waals surface area contributed by atoms with Crippen molar-refractivity contribution >= 4 is 16.9 Å². The molecule has 0 radical (unpaired) electrons. The Hall–Kier alpha value is -4.09. The molecule has 4 aromatic rings. The van der Waals surface area contributed by atoms with Gasteiger partial charge in [0.15, 0.2) is 11.5 Å². The summed E-state index contributed by atoms with van der Waals surface area (Å²) < 4.78 is 22.0. The lowest BCUT2D eigenvalue weighted by atomic mass is 9.98. The standard InChI is InChI=1S/C26H24N4O4/c1-31-24-13-18(2-5-23(24)34-17-19-6-9-33-16-19)12-20-3-4-22-26(21(20)14-27)29-25(15-28-22)30-7-10-32-11-8-30/h2-6,9,13,15-16H,7-8,10-12,17H2,1H3. The van der Waals surface area contributed by atoms with Crippen LogP contribution in [0.25, 0.3) is 11.0 Å². The first-order chi connectivity index (χ1) is 16.7. The Morgan fingerprint density at radius 3 is 2.74 bits per heavy atom. The van der Waals surface area contributed by atoms with Gasteiger partial charge in [-0.1, -0.05) is 12.1 Å². The second-order valence-corrected chi connectivity index (χ2v) is 7.99. The Morgan fingerprint density at radius 1 is 1.09 bits per heavy atom. The summed E-state index contributed by atoms with van der Waals surface area (Å²) in [7, 11) is 1.61. The Labute approximate surface area is 197 Å². The van der Waals surface area contributed by atoms with E-state index in [1.165, 1.54) is 0 Å². The predicted octanol–water partition coefficient (Wildman–Crippen LogP) is 4.11. The normalized spacial score (nSPS) is 13.6. The minimum Gasteiger partial charge on any atom is -0.493 e. The van der Waals surface area contributed by atoms with Crippen molar-refractivity contribution in [3.8, 4) is 17.6 Å². The fourth-order valence-corrected chi connectivity index (χ4v) is 4.02. The van der Waals surface area contributed by atoms with Gasteiger partial charge in [-0.25, -0.2) is 4.98 Å². The van der Waals surface area contributed by atoms with Crippen molar-refractivity contribution in [2.24, 2.45) is 0 Å². The van der Waals surface area contributed by atoms with Gasteiger partial charge in [0.2, 0.25) is 0 Å². The van der Waals surface area contributed by atoms with E-state index < -0.39 is 0 Å². The molecule has 0 saturated carbocycles. The lowest BCUT2D eigenvalue weighted by molar-refractivity contribution is 0.122. The molecule has 2 aromatic heterocycles. The van der Waals surface area contributed by atoms with Crippen LogP contribution in [0.2, 0.25) is 0 Å². The van der Waals surface area contributed by atoms with Gasteiger partial charge in [-0.2, -0.15) is 5.26 Å². The molecule has 1 fully saturated rings. The van der Waals surface area contributed by atoms with Crippen molar-refractivity contribution in [1.29, 1.82) is 5.26 Å². The predicted molar refractivity (Wildman–Crippen MR) is 126 cm³/mol. The van der Waals surface area contributed by atoms with Gasteiger partial charge in [0.05, 0.1) is 50.1 Å². The van der Waals surface area contributed by atoms with Gasteiger partial charge < -0.3 is 23.5 Å². The molecule has 1 aliphatic heterocycles. The van der Waals surface area contributed by atoms with Gasteiger partial charge in [-0.3, -0.25) is 4.98 Å². The molecule has 0 aliphatic carbocycles. The third kappa shape index (κ3) is 4.51. The quantitative estimate of drug-likeness (QED) is 0.410.